The van der Waals surface area contributed by atoms with Gasteiger partial charge < -0.3 is 10.3 Å². The molecule has 4 rings (SSSR count). The van der Waals surface area contributed by atoms with Crippen LogP contribution in [-0.4, -0.2) is 33.9 Å². The van der Waals surface area contributed by atoms with Crippen LogP contribution in [0.25, 0.3) is 11.0 Å². The average Bonchev–Trinajstić information content (AvgIpc) is 3.10. The Morgan fingerprint density at radius 1 is 1.18 bits per heavy atom. The van der Waals surface area contributed by atoms with Crippen LogP contribution in [-0.2, 0) is 17.9 Å². The molecule has 0 bridgehead atoms. The van der Waals surface area contributed by atoms with E-state index in [0.717, 1.165) is 55.4 Å². The maximum absolute atomic E-state index is 13.7. The molecule has 3 aromatic rings. The lowest BCUT2D eigenvalue weighted by Crippen LogP contribution is -2.40. The zero-order valence-corrected chi connectivity index (χ0v) is 15.4. The van der Waals surface area contributed by atoms with E-state index in [0.29, 0.717) is 0 Å². The average molecular weight is 384 g/mol. The highest BCUT2D eigenvalue weighted by Crippen LogP contribution is 2.20. The number of imidazole rings is 1. The van der Waals surface area contributed by atoms with Crippen molar-refractivity contribution < 1.29 is 13.6 Å². The minimum absolute atomic E-state index is 0.0736. The van der Waals surface area contributed by atoms with E-state index >= 15 is 0 Å². The number of likely N-dealkylation sites (tertiary alicyclic amines) is 1. The van der Waals surface area contributed by atoms with Crippen LogP contribution in [0.15, 0.2) is 42.5 Å². The van der Waals surface area contributed by atoms with Gasteiger partial charge in [-0.2, -0.15) is 0 Å². The lowest BCUT2D eigenvalue weighted by atomic mass is 9.96. The van der Waals surface area contributed by atoms with Gasteiger partial charge >= 0.3 is 0 Å². The highest BCUT2D eigenvalue weighted by molar-refractivity contribution is 5.78. The van der Waals surface area contributed by atoms with Crippen LogP contribution in [0.1, 0.15) is 24.2 Å². The molecule has 1 amide bonds. The molecule has 0 aliphatic carbocycles. The van der Waals surface area contributed by atoms with Gasteiger partial charge in [0.25, 0.3) is 0 Å². The molecule has 1 aliphatic heterocycles. The Labute approximate surface area is 161 Å². The molecule has 0 radical (unpaired) electrons. The Kier molecular flexibility index (Phi) is 5.34. The van der Waals surface area contributed by atoms with Crippen molar-refractivity contribution in [2.45, 2.75) is 25.9 Å². The zero-order valence-electron chi connectivity index (χ0n) is 15.4. The Morgan fingerprint density at radius 3 is 2.71 bits per heavy atom. The first kappa shape index (κ1) is 18.6. The predicted octanol–water partition coefficient (Wildman–Crippen LogP) is 3.37. The monoisotopic (exact) mass is 384 g/mol. The third-order valence-corrected chi connectivity index (χ3v) is 5.24. The van der Waals surface area contributed by atoms with Gasteiger partial charge in [-0.05, 0) is 44.1 Å². The smallest absolute Gasteiger partial charge is 0.223 e. The summed E-state index contributed by atoms with van der Waals surface area (Å²) in [4.78, 5) is 22.6. The molecule has 2 heterocycles. The molecule has 146 valence electrons. The Bertz CT molecular complexity index is 946. The second-order valence-corrected chi connectivity index (χ2v) is 7.20. The summed E-state index contributed by atoms with van der Waals surface area (Å²) in [5, 5.41) is 2.77. The number of carbonyl (C=O) groups is 1. The molecule has 0 unspecified atom stereocenters. The first-order chi connectivity index (χ1) is 13.6. The van der Waals surface area contributed by atoms with Crippen molar-refractivity contribution in [2.75, 3.05) is 13.1 Å². The molecule has 1 saturated heterocycles. The highest BCUT2D eigenvalue weighted by Gasteiger charge is 2.25. The van der Waals surface area contributed by atoms with Crippen molar-refractivity contribution in [3.05, 3.63) is 65.5 Å². The minimum atomic E-state index is -0.638. The van der Waals surface area contributed by atoms with E-state index in [9.17, 15) is 13.6 Å². The standard InChI is InChI=1S/C21H22F2N4O/c22-16-6-5-15(17(23)11-16)12-24-21(28)14-7-9-27(10-8-14)13-20-25-18-3-1-2-4-19(18)26-20/h1-6,11,14H,7-10,12-13H2,(H,24,28)(H,25,26). The van der Waals surface area contributed by atoms with Crippen molar-refractivity contribution in [3.63, 3.8) is 0 Å². The lowest BCUT2D eigenvalue weighted by Gasteiger charge is -2.30. The third-order valence-electron chi connectivity index (χ3n) is 5.24. The summed E-state index contributed by atoms with van der Waals surface area (Å²) in [6, 6.07) is 11.3. The summed E-state index contributed by atoms with van der Waals surface area (Å²) >= 11 is 0. The first-order valence-corrected chi connectivity index (χ1v) is 9.46. The van der Waals surface area contributed by atoms with Gasteiger partial charge in [0.1, 0.15) is 17.5 Å². The Hall–Kier alpha value is -2.80. The summed E-state index contributed by atoms with van der Waals surface area (Å²) in [6.45, 7) is 2.41. The number of amides is 1. The molecule has 2 aromatic carbocycles. The number of H-pyrrole nitrogens is 1. The van der Waals surface area contributed by atoms with E-state index in [-0.39, 0.29) is 23.9 Å². The van der Waals surface area contributed by atoms with Crippen LogP contribution in [0.3, 0.4) is 0 Å². The van der Waals surface area contributed by atoms with Crippen LogP contribution in [0, 0.1) is 17.6 Å². The minimum Gasteiger partial charge on any atom is -0.352 e. The number of hydrogen-bond donors (Lipinski definition) is 2. The van der Waals surface area contributed by atoms with Crippen LogP contribution in [0.5, 0.6) is 0 Å². The van der Waals surface area contributed by atoms with E-state index in [1.165, 1.54) is 12.1 Å². The van der Waals surface area contributed by atoms with Crippen molar-refractivity contribution >= 4 is 16.9 Å². The number of piperidine rings is 1. The van der Waals surface area contributed by atoms with E-state index in [2.05, 4.69) is 20.2 Å². The Morgan fingerprint density at radius 2 is 1.96 bits per heavy atom. The van der Waals surface area contributed by atoms with Crippen LogP contribution < -0.4 is 5.32 Å². The molecular formula is C21H22F2N4O. The van der Waals surface area contributed by atoms with Crippen LogP contribution in [0.2, 0.25) is 0 Å². The van der Waals surface area contributed by atoms with Crippen molar-refractivity contribution in [1.29, 1.82) is 0 Å². The Balaban J connectivity index is 1.26. The third kappa shape index (κ3) is 4.20. The number of halogens is 2. The fourth-order valence-corrected chi connectivity index (χ4v) is 3.64. The molecule has 1 aromatic heterocycles. The molecule has 0 saturated carbocycles. The molecule has 5 nitrogen and oxygen atoms in total. The van der Waals surface area contributed by atoms with Gasteiger partial charge in [-0.25, -0.2) is 13.8 Å². The second kappa shape index (κ2) is 8.06. The first-order valence-electron chi connectivity index (χ1n) is 9.46. The quantitative estimate of drug-likeness (QED) is 0.709. The number of hydrogen-bond acceptors (Lipinski definition) is 3. The van der Waals surface area contributed by atoms with Gasteiger partial charge in [-0.3, -0.25) is 9.69 Å². The number of nitrogens with one attached hydrogen (secondary N) is 2. The summed E-state index contributed by atoms with van der Waals surface area (Å²) in [6.07, 6.45) is 1.50. The van der Waals surface area contributed by atoms with Gasteiger partial charge in [0.15, 0.2) is 0 Å². The van der Waals surface area contributed by atoms with E-state index in [1.807, 2.05) is 24.3 Å². The van der Waals surface area contributed by atoms with Gasteiger partial charge in [0.05, 0.1) is 17.6 Å². The number of rotatable bonds is 5. The highest BCUT2D eigenvalue weighted by atomic mass is 19.1. The number of para-hydroxylation sites is 2. The molecule has 0 spiro atoms. The van der Waals surface area contributed by atoms with Gasteiger partial charge in [-0.1, -0.05) is 18.2 Å². The SMILES string of the molecule is O=C(NCc1ccc(F)cc1F)C1CCN(Cc2nc3ccccc3[nH]2)CC1. The molecule has 0 atom stereocenters. The molecule has 1 fully saturated rings. The van der Waals surface area contributed by atoms with E-state index in [4.69, 9.17) is 0 Å². The number of benzene rings is 2. The molecule has 2 N–H and O–H groups in total. The second-order valence-electron chi connectivity index (χ2n) is 7.20. The molecular weight excluding hydrogens is 362 g/mol. The zero-order chi connectivity index (χ0) is 19.5. The summed E-state index contributed by atoms with van der Waals surface area (Å²) in [5.74, 6) is -0.496. The summed E-state index contributed by atoms with van der Waals surface area (Å²) in [7, 11) is 0. The normalized spacial score (nSPS) is 15.8. The largest absolute Gasteiger partial charge is 0.352 e. The summed E-state index contributed by atoms with van der Waals surface area (Å²) < 4.78 is 26.6. The fourth-order valence-electron chi connectivity index (χ4n) is 3.64. The number of aromatic amines is 1. The molecule has 1 aliphatic rings. The lowest BCUT2D eigenvalue weighted by molar-refractivity contribution is -0.126. The van der Waals surface area contributed by atoms with E-state index in [1.54, 1.807) is 0 Å². The topological polar surface area (TPSA) is 61.0 Å². The molecule has 7 heteroatoms. The number of nitrogens with zero attached hydrogens (tertiary/aromatic N) is 2. The van der Waals surface area contributed by atoms with Crippen molar-refractivity contribution in [1.82, 2.24) is 20.2 Å². The maximum atomic E-state index is 13.7. The number of carbonyl (C=O) groups excluding carboxylic acids is 1. The van der Waals surface area contributed by atoms with Crippen molar-refractivity contribution in [3.8, 4) is 0 Å². The van der Waals surface area contributed by atoms with Crippen LogP contribution >= 0.6 is 0 Å². The molecule has 28 heavy (non-hydrogen) atoms. The predicted molar refractivity (Wildman–Crippen MR) is 102 cm³/mol. The van der Waals surface area contributed by atoms with Gasteiger partial charge in [-0.15, -0.1) is 0 Å². The van der Waals surface area contributed by atoms with Crippen LogP contribution in [0.4, 0.5) is 8.78 Å². The fraction of sp³-hybridized carbons (Fsp3) is 0.333. The van der Waals surface area contributed by atoms with E-state index < -0.39 is 11.6 Å². The summed E-state index contributed by atoms with van der Waals surface area (Å²) in [5.41, 5.74) is 2.27. The van der Waals surface area contributed by atoms with Gasteiger partial charge in [0, 0.05) is 24.1 Å². The number of aromatic nitrogens is 2. The number of fused-ring (bicyclic) bond motifs is 1. The maximum Gasteiger partial charge on any atom is 0.223 e. The van der Waals surface area contributed by atoms with Gasteiger partial charge in [0.2, 0.25) is 5.91 Å². The van der Waals surface area contributed by atoms with Crippen molar-refractivity contribution in [2.24, 2.45) is 5.92 Å².